The molecule has 0 aromatic heterocycles. The number of carbonyl (C=O) groups is 2. The Morgan fingerprint density at radius 3 is 2.75 bits per heavy atom. The van der Waals surface area contributed by atoms with Crippen molar-refractivity contribution in [3.63, 3.8) is 0 Å². The molecule has 1 aromatic rings. The third-order valence-electron chi connectivity index (χ3n) is 2.85. The summed E-state index contributed by atoms with van der Waals surface area (Å²) in [4.78, 5) is 23.7. The summed E-state index contributed by atoms with van der Waals surface area (Å²) in [5, 5.41) is 7.03. The van der Waals surface area contributed by atoms with E-state index < -0.39 is 0 Å². The molecule has 2 amide bonds. The Balaban J connectivity index is 2.17. The molecule has 1 heterocycles. The predicted octanol–water partition coefficient (Wildman–Crippen LogP) is 1.90. The highest BCUT2D eigenvalue weighted by Crippen LogP contribution is 2.20. The monoisotopic (exact) mass is 292 g/mol. The number of nitrogens with one attached hydrogen (secondary N) is 2. The van der Waals surface area contributed by atoms with Gasteiger partial charge in [-0.2, -0.15) is 0 Å². The average molecular weight is 292 g/mol. The molecule has 1 aromatic carbocycles. The number of amides is 2. The highest BCUT2D eigenvalue weighted by Gasteiger charge is 2.16. The van der Waals surface area contributed by atoms with Crippen molar-refractivity contribution in [3.05, 3.63) is 40.5 Å². The van der Waals surface area contributed by atoms with Crippen molar-refractivity contribution in [2.24, 2.45) is 0 Å². The standard InChI is InChI=1S/C14H16N2O3S/c1-9-3-4-10(13(17)15-2)7-11(9)16-14(18)12-8-20-6-5-19-12/h3-4,7-8H,5-6H2,1-2H3,(H,15,17)(H,16,18). The zero-order valence-electron chi connectivity index (χ0n) is 11.4. The Morgan fingerprint density at radius 1 is 1.30 bits per heavy atom. The van der Waals surface area contributed by atoms with Gasteiger partial charge in [-0.1, -0.05) is 6.07 Å². The number of hydrogen-bond donors (Lipinski definition) is 2. The van der Waals surface area contributed by atoms with Gasteiger partial charge in [0, 0.05) is 29.5 Å². The van der Waals surface area contributed by atoms with Gasteiger partial charge in [-0.3, -0.25) is 9.59 Å². The molecule has 0 saturated heterocycles. The molecule has 0 aliphatic carbocycles. The highest BCUT2D eigenvalue weighted by atomic mass is 32.2. The van der Waals surface area contributed by atoms with Crippen molar-refractivity contribution < 1.29 is 14.3 Å². The second kappa shape index (κ2) is 6.47. The number of benzene rings is 1. The first-order chi connectivity index (χ1) is 9.61. The number of anilines is 1. The van der Waals surface area contributed by atoms with E-state index in [0.717, 1.165) is 11.3 Å². The third kappa shape index (κ3) is 3.33. The molecule has 0 bridgehead atoms. The molecular weight excluding hydrogens is 276 g/mol. The Labute approximate surface area is 121 Å². The van der Waals surface area contributed by atoms with Crippen LogP contribution in [0.3, 0.4) is 0 Å². The Morgan fingerprint density at radius 2 is 2.10 bits per heavy atom. The molecular formula is C14H16N2O3S. The lowest BCUT2D eigenvalue weighted by Crippen LogP contribution is -2.21. The lowest BCUT2D eigenvalue weighted by atomic mass is 10.1. The fourth-order valence-corrected chi connectivity index (χ4v) is 2.34. The summed E-state index contributed by atoms with van der Waals surface area (Å²) in [7, 11) is 1.57. The summed E-state index contributed by atoms with van der Waals surface area (Å²) >= 11 is 1.55. The van der Waals surface area contributed by atoms with Crippen LogP contribution < -0.4 is 10.6 Å². The van der Waals surface area contributed by atoms with Crippen molar-refractivity contribution in [1.29, 1.82) is 0 Å². The minimum atomic E-state index is -0.297. The summed E-state index contributed by atoms with van der Waals surface area (Å²) in [5.41, 5.74) is 1.99. The molecule has 20 heavy (non-hydrogen) atoms. The van der Waals surface area contributed by atoms with Gasteiger partial charge < -0.3 is 15.4 Å². The maximum absolute atomic E-state index is 12.1. The van der Waals surface area contributed by atoms with E-state index >= 15 is 0 Å². The van der Waals surface area contributed by atoms with Crippen molar-refractivity contribution in [1.82, 2.24) is 5.32 Å². The molecule has 2 N–H and O–H groups in total. The second-order valence-corrected chi connectivity index (χ2v) is 5.24. The molecule has 1 aliphatic heterocycles. The topological polar surface area (TPSA) is 67.4 Å². The molecule has 0 radical (unpaired) electrons. The van der Waals surface area contributed by atoms with Gasteiger partial charge in [-0.25, -0.2) is 0 Å². The minimum Gasteiger partial charge on any atom is -0.487 e. The van der Waals surface area contributed by atoms with Gasteiger partial charge in [0.2, 0.25) is 0 Å². The van der Waals surface area contributed by atoms with Crippen LogP contribution in [-0.4, -0.2) is 31.2 Å². The Hall–Kier alpha value is -1.95. The average Bonchev–Trinajstić information content (AvgIpc) is 2.49. The molecule has 0 saturated carbocycles. The van der Waals surface area contributed by atoms with Crippen LogP contribution in [0.5, 0.6) is 0 Å². The van der Waals surface area contributed by atoms with Crippen LogP contribution in [0.25, 0.3) is 0 Å². The van der Waals surface area contributed by atoms with Crippen LogP contribution in [-0.2, 0) is 9.53 Å². The summed E-state index contributed by atoms with van der Waals surface area (Å²) in [6.45, 7) is 2.40. The first kappa shape index (κ1) is 14.5. The SMILES string of the molecule is CNC(=O)c1ccc(C)c(NC(=O)C2=CSCCO2)c1. The molecule has 0 unspecified atom stereocenters. The van der Waals surface area contributed by atoms with Crippen molar-refractivity contribution in [3.8, 4) is 0 Å². The number of hydrogen-bond acceptors (Lipinski definition) is 4. The molecule has 6 heteroatoms. The predicted molar refractivity (Wildman–Crippen MR) is 79.7 cm³/mol. The molecule has 2 rings (SSSR count). The third-order valence-corrected chi connectivity index (χ3v) is 3.63. The summed E-state index contributed by atoms with van der Waals surface area (Å²) in [6, 6.07) is 5.17. The maximum atomic E-state index is 12.1. The molecule has 106 valence electrons. The van der Waals surface area contributed by atoms with Gasteiger partial charge in [0.05, 0.1) is 6.61 Å². The minimum absolute atomic E-state index is 0.191. The van der Waals surface area contributed by atoms with Gasteiger partial charge in [0.15, 0.2) is 5.76 Å². The van der Waals surface area contributed by atoms with Crippen molar-refractivity contribution in [2.75, 3.05) is 24.7 Å². The van der Waals surface area contributed by atoms with Crippen molar-refractivity contribution >= 4 is 29.3 Å². The number of ether oxygens (including phenoxy) is 1. The molecule has 5 nitrogen and oxygen atoms in total. The van der Waals surface area contributed by atoms with Crippen LogP contribution in [0, 0.1) is 6.92 Å². The van der Waals surface area contributed by atoms with E-state index in [2.05, 4.69) is 10.6 Å². The van der Waals surface area contributed by atoms with E-state index in [4.69, 9.17) is 4.74 Å². The van der Waals surface area contributed by atoms with Crippen LogP contribution >= 0.6 is 11.8 Å². The lowest BCUT2D eigenvalue weighted by Gasteiger charge is -2.15. The second-order valence-electron chi connectivity index (χ2n) is 4.26. The lowest BCUT2D eigenvalue weighted by molar-refractivity contribution is -0.116. The van der Waals surface area contributed by atoms with Gasteiger partial charge in [0.25, 0.3) is 11.8 Å². The number of aryl methyl sites for hydroxylation is 1. The fourth-order valence-electron chi connectivity index (χ4n) is 1.71. The first-order valence-corrected chi connectivity index (χ1v) is 7.25. The molecule has 1 aliphatic rings. The summed E-state index contributed by atoms with van der Waals surface area (Å²) in [6.07, 6.45) is 0. The van der Waals surface area contributed by atoms with Crippen molar-refractivity contribution in [2.45, 2.75) is 6.92 Å². The van der Waals surface area contributed by atoms with Gasteiger partial charge in [-0.15, -0.1) is 11.8 Å². The van der Waals surface area contributed by atoms with Crippen LogP contribution in [0.15, 0.2) is 29.4 Å². The molecule has 0 spiro atoms. The Bertz CT molecular complexity index is 570. The van der Waals surface area contributed by atoms with Crippen LogP contribution in [0.1, 0.15) is 15.9 Å². The van der Waals surface area contributed by atoms with Crippen LogP contribution in [0.2, 0.25) is 0 Å². The van der Waals surface area contributed by atoms with Crippen LogP contribution in [0.4, 0.5) is 5.69 Å². The van der Waals surface area contributed by atoms with Gasteiger partial charge in [0.1, 0.15) is 0 Å². The molecule has 0 atom stereocenters. The highest BCUT2D eigenvalue weighted by molar-refractivity contribution is 8.02. The Kier molecular flexibility index (Phi) is 4.68. The largest absolute Gasteiger partial charge is 0.487 e. The quantitative estimate of drug-likeness (QED) is 0.893. The normalized spacial score (nSPS) is 14.0. The maximum Gasteiger partial charge on any atom is 0.291 e. The van der Waals surface area contributed by atoms with E-state index in [1.165, 1.54) is 0 Å². The zero-order chi connectivity index (χ0) is 14.5. The van der Waals surface area contributed by atoms with E-state index in [0.29, 0.717) is 23.6 Å². The fraction of sp³-hybridized carbons (Fsp3) is 0.286. The first-order valence-electron chi connectivity index (χ1n) is 6.20. The smallest absolute Gasteiger partial charge is 0.291 e. The number of carbonyl (C=O) groups excluding carboxylic acids is 2. The van der Waals surface area contributed by atoms with E-state index in [-0.39, 0.29) is 11.8 Å². The number of thioether (sulfide) groups is 1. The van der Waals surface area contributed by atoms with Gasteiger partial charge >= 0.3 is 0 Å². The van der Waals surface area contributed by atoms with E-state index in [9.17, 15) is 9.59 Å². The number of rotatable bonds is 3. The summed E-state index contributed by atoms with van der Waals surface area (Å²) in [5.74, 6) is 0.673. The summed E-state index contributed by atoms with van der Waals surface area (Å²) < 4.78 is 5.30. The zero-order valence-corrected chi connectivity index (χ0v) is 12.2. The van der Waals surface area contributed by atoms with E-state index in [1.54, 1.807) is 42.4 Å². The molecule has 0 fully saturated rings. The van der Waals surface area contributed by atoms with Gasteiger partial charge in [-0.05, 0) is 24.6 Å². The van der Waals surface area contributed by atoms with E-state index in [1.807, 2.05) is 6.92 Å².